The summed E-state index contributed by atoms with van der Waals surface area (Å²) in [5.74, 6) is -1.67. The SMILES string of the molecule is CCOC(=O)c1ccsc1NC(=O)CCCS(=O)(=O)c1ccc(F)cc1. The molecule has 0 unspecified atom stereocenters. The Morgan fingerprint density at radius 3 is 2.54 bits per heavy atom. The van der Waals surface area contributed by atoms with E-state index in [2.05, 4.69) is 5.32 Å². The molecule has 1 heterocycles. The number of hydrogen-bond donors (Lipinski definition) is 1. The van der Waals surface area contributed by atoms with Gasteiger partial charge in [-0.25, -0.2) is 17.6 Å². The first kappa shape index (κ1) is 20.1. The highest BCUT2D eigenvalue weighted by molar-refractivity contribution is 7.91. The molecule has 0 aliphatic carbocycles. The number of carbonyl (C=O) groups is 2. The Morgan fingerprint density at radius 2 is 1.88 bits per heavy atom. The van der Waals surface area contributed by atoms with Gasteiger partial charge >= 0.3 is 5.97 Å². The standard InChI is InChI=1S/C17H18FNO5S2/c1-2-24-17(21)14-9-10-25-16(14)19-15(20)4-3-11-26(22,23)13-7-5-12(18)6-8-13/h5-10H,2-4,11H2,1H3,(H,19,20). The van der Waals surface area contributed by atoms with E-state index in [4.69, 9.17) is 4.74 Å². The van der Waals surface area contributed by atoms with Gasteiger partial charge in [0.15, 0.2) is 9.84 Å². The summed E-state index contributed by atoms with van der Waals surface area (Å²) >= 11 is 1.18. The zero-order chi connectivity index (χ0) is 19.2. The molecule has 0 saturated heterocycles. The Bertz CT molecular complexity index is 875. The average Bonchev–Trinajstić information content (AvgIpc) is 3.03. The summed E-state index contributed by atoms with van der Waals surface area (Å²) in [4.78, 5) is 23.8. The predicted molar refractivity (Wildman–Crippen MR) is 96.6 cm³/mol. The van der Waals surface area contributed by atoms with E-state index in [-0.39, 0.29) is 35.7 Å². The zero-order valence-corrected chi connectivity index (χ0v) is 15.7. The Balaban J connectivity index is 1.89. The van der Waals surface area contributed by atoms with Gasteiger partial charge in [-0.3, -0.25) is 4.79 Å². The number of carbonyl (C=O) groups excluding carboxylic acids is 2. The minimum atomic E-state index is -3.58. The van der Waals surface area contributed by atoms with Crippen LogP contribution in [0.4, 0.5) is 9.39 Å². The predicted octanol–water partition coefficient (Wildman–Crippen LogP) is 3.26. The first-order valence-corrected chi connectivity index (χ1v) is 10.4. The lowest BCUT2D eigenvalue weighted by Gasteiger charge is -2.07. The first-order chi connectivity index (χ1) is 12.3. The van der Waals surface area contributed by atoms with Gasteiger partial charge in [-0.1, -0.05) is 0 Å². The number of nitrogens with one attached hydrogen (secondary N) is 1. The maximum Gasteiger partial charge on any atom is 0.341 e. The number of thiophene rings is 1. The van der Waals surface area contributed by atoms with Gasteiger partial charge in [0, 0.05) is 6.42 Å². The molecule has 1 aromatic heterocycles. The molecule has 9 heteroatoms. The number of rotatable bonds is 8. The van der Waals surface area contributed by atoms with Crippen molar-refractivity contribution in [2.45, 2.75) is 24.7 Å². The molecular weight excluding hydrogens is 381 g/mol. The summed E-state index contributed by atoms with van der Waals surface area (Å²) in [6, 6.07) is 6.10. The van der Waals surface area contributed by atoms with E-state index >= 15 is 0 Å². The Kier molecular flexibility index (Phi) is 6.87. The van der Waals surface area contributed by atoms with Crippen LogP contribution in [0.15, 0.2) is 40.6 Å². The molecular formula is C17H18FNO5S2. The first-order valence-electron chi connectivity index (χ1n) is 7.86. The van der Waals surface area contributed by atoms with E-state index in [1.807, 2.05) is 0 Å². The maximum atomic E-state index is 12.9. The second-order valence-electron chi connectivity index (χ2n) is 5.31. The minimum absolute atomic E-state index is 0.0159. The van der Waals surface area contributed by atoms with Crippen molar-refractivity contribution in [2.24, 2.45) is 0 Å². The van der Waals surface area contributed by atoms with E-state index in [1.54, 1.807) is 18.4 Å². The topological polar surface area (TPSA) is 89.5 Å². The number of ether oxygens (including phenoxy) is 1. The Labute approximate surface area is 154 Å². The van der Waals surface area contributed by atoms with Crippen molar-refractivity contribution in [1.82, 2.24) is 0 Å². The van der Waals surface area contributed by atoms with Crippen LogP contribution in [0, 0.1) is 5.82 Å². The summed E-state index contributed by atoms with van der Waals surface area (Å²) in [6.07, 6.45) is 0.0756. The number of benzene rings is 1. The lowest BCUT2D eigenvalue weighted by atomic mass is 10.3. The summed E-state index contributed by atoms with van der Waals surface area (Å²) in [7, 11) is -3.58. The highest BCUT2D eigenvalue weighted by Gasteiger charge is 2.18. The Morgan fingerprint density at radius 1 is 1.19 bits per heavy atom. The van der Waals surface area contributed by atoms with Gasteiger partial charge in [0.2, 0.25) is 5.91 Å². The van der Waals surface area contributed by atoms with Gasteiger partial charge < -0.3 is 10.1 Å². The molecule has 6 nitrogen and oxygen atoms in total. The van der Waals surface area contributed by atoms with E-state index < -0.39 is 27.5 Å². The average molecular weight is 399 g/mol. The van der Waals surface area contributed by atoms with Crippen molar-refractivity contribution in [1.29, 1.82) is 0 Å². The number of anilines is 1. The van der Waals surface area contributed by atoms with Crippen LogP contribution >= 0.6 is 11.3 Å². The number of sulfone groups is 1. The third-order valence-electron chi connectivity index (χ3n) is 3.40. The van der Waals surface area contributed by atoms with Crippen molar-refractivity contribution in [3.8, 4) is 0 Å². The lowest BCUT2D eigenvalue weighted by molar-refractivity contribution is -0.116. The molecule has 0 aliphatic rings. The molecule has 0 aliphatic heterocycles. The van der Waals surface area contributed by atoms with Gasteiger partial charge in [-0.15, -0.1) is 11.3 Å². The minimum Gasteiger partial charge on any atom is -0.462 e. The molecule has 0 radical (unpaired) electrons. The van der Waals surface area contributed by atoms with E-state index in [0.717, 1.165) is 12.1 Å². The highest BCUT2D eigenvalue weighted by atomic mass is 32.2. The van der Waals surface area contributed by atoms with E-state index in [0.29, 0.717) is 5.00 Å². The highest BCUT2D eigenvalue weighted by Crippen LogP contribution is 2.24. The number of hydrogen-bond acceptors (Lipinski definition) is 6. The molecule has 0 atom stereocenters. The second-order valence-corrected chi connectivity index (χ2v) is 8.33. The van der Waals surface area contributed by atoms with E-state index in [1.165, 1.54) is 23.5 Å². The van der Waals surface area contributed by atoms with Crippen LogP contribution in [0.2, 0.25) is 0 Å². The van der Waals surface area contributed by atoms with Crippen LogP contribution in [0.25, 0.3) is 0 Å². The van der Waals surface area contributed by atoms with Gasteiger partial charge in [-0.05, 0) is 49.1 Å². The molecule has 1 N–H and O–H groups in total. The third kappa shape index (κ3) is 5.37. The monoisotopic (exact) mass is 399 g/mol. The number of amides is 1. The molecule has 0 bridgehead atoms. The summed E-state index contributed by atoms with van der Waals surface area (Å²) in [5.41, 5.74) is 0.268. The normalized spacial score (nSPS) is 11.2. The summed E-state index contributed by atoms with van der Waals surface area (Å²) in [6.45, 7) is 1.91. The third-order valence-corrected chi connectivity index (χ3v) is 6.05. The van der Waals surface area contributed by atoms with Gasteiger partial charge in [0.05, 0.1) is 22.8 Å². The lowest BCUT2D eigenvalue weighted by Crippen LogP contribution is -2.15. The van der Waals surface area contributed by atoms with Crippen molar-refractivity contribution in [3.05, 3.63) is 47.1 Å². The van der Waals surface area contributed by atoms with Crippen LogP contribution in [0.3, 0.4) is 0 Å². The van der Waals surface area contributed by atoms with Crippen molar-refractivity contribution >= 4 is 38.1 Å². The molecule has 2 aromatic rings. The smallest absolute Gasteiger partial charge is 0.341 e. The van der Waals surface area contributed by atoms with Crippen LogP contribution in [0.1, 0.15) is 30.1 Å². The number of esters is 1. The van der Waals surface area contributed by atoms with Crippen LogP contribution < -0.4 is 5.32 Å². The fraction of sp³-hybridized carbons (Fsp3) is 0.294. The molecule has 140 valence electrons. The molecule has 0 fully saturated rings. The molecule has 2 rings (SSSR count). The van der Waals surface area contributed by atoms with Crippen molar-refractivity contribution in [2.75, 3.05) is 17.7 Å². The molecule has 1 amide bonds. The fourth-order valence-corrected chi connectivity index (χ4v) is 4.25. The van der Waals surface area contributed by atoms with Gasteiger partial charge in [0.25, 0.3) is 0 Å². The quantitative estimate of drug-likeness (QED) is 0.544. The molecule has 0 spiro atoms. The van der Waals surface area contributed by atoms with Crippen LogP contribution in [-0.4, -0.2) is 32.7 Å². The van der Waals surface area contributed by atoms with Crippen molar-refractivity contribution in [3.63, 3.8) is 0 Å². The maximum absolute atomic E-state index is 12.9. The summed E-state index contributed by atoms with van der Waals surface area (Å²) < 4.78 is 42.1. The Hall–Kier alpha value is -2.26. The van der Waals surface area contributed by atoms with E-state index in [9.17, 15) is 22.4 Å². The summed E-state index contributed by atoms with van der Waals surface area (Å²) in [5, 5.41) is 4.62. The molecule has 26 heavy (non-hydrogen) atoms. The van der Waals surface area contributed by atoms with Crippen molar-refractivity contribution < 1.29 is 27.1 Å². The fourth-order valence-electron chi connectivity index (χ4n) is 2.15. The molecule has 0 saturated carbocycles. The van der Waals surface area contributed by atoms with Gasteiger partial charge in [-0.2, -0.15) is 0 Å². The second kappa shape index (κ2) is 8.91. The largest absolute Gasteiger partial charge is 0.462 e. The van der Waals surface area contributed by atoms with Gasteiger partial charge in [0.1, 0.15) is 10.8 Å². The van der Waals surface area contributed by atoms with Crippen LogP contribution in [0.5, 0.6) is 0 Å². The molecule has 1 aromatic carbocycles. The zero-order valence-electron chi connectivity index (χ0n) is 14.0. The number of halogens is 1. The van der Waals surface area contributed by atoms with Crippen LogP contribution in [-0.2, 0) is 19.4 Å².